The maximum atomic E-state index is 12.2. The van der Waals surface area contributed by atoms with Crippen LogP contribution in [0.3, 0.4) is 0 Å². The lowest BCUT2D eigenvalue weighted by molar-refractivity contribution is -0.384. The molecule has 0 amide bonds. The number of nitro groups is 1. The molecule has 2 aromatic carbocycles. The van der Waals surface area contributed by atoms with Crippen molar-refractivity contribution in [3.63, 3.8) is 0 Å². The lowest BCUT2D eigenvalue weighted by atomic mass is 9.90. The molecule has 0 saturated heterocycles. The number of hydrogen-bond donors (Lipinski definition) is 0. The Morgan fingerprint density at radius 3 is 2.58 bits per heavy atom. The number of anilines is 1. The van der Waals surface area contributed by atoms with Crippen LogP contribution >= 0.6 is 0 Å². The first kappa shape index (κ1) is 19.7. The van der Waals surface area contributed by atoms with Crippen molar-refractivity contribution in [3.05, 3.63) is 106 Å². The number of aromatic nitrogens is 2. The molecule has 0 spiro atoms. The predicted octanol–water partition coefficient (Wildman–Crippen LogP) is 3.77. The molecule has 3 aromatic rings. The zero-order chi connectivity index (χ0) is 21.8. The number of hydrogen-bond acceptors (Lipinski definition) is 7. The van der Waals surface area contributed by atoms with E-state index in [1.165, 1.54) is 12.1 Å². The van der Waals surface area contributed by atoms with E-state index >= 15 is 0 Å². The van der Waals surface area contributed by atoms with Crippen LogP contribution in [0.4, 0.5) is 11.4 Å². The second kappa shape index (κ2) is 8.39. The van der Waals surface area contributed by atoms with Crippen molar-refractivity contribution in [1.29, 1.82) is 5.26 Å². The highest BCUT2D eigenvalue weighted by atomic mass is 16.6. The third kappa shape index (κ3) is 3.80. The van der Waals surface area contributed by atoms with E-state index in [2.05, 4.69) is 16.0 Å². The summed E-state index contributed by atoms with van der Waals surface area (Å²) in [6.45, 7) is 0. The second-order valence-electron chi connectivity index (χ2n) is 6.68. The van der Waals surface area contributed by atoms with Crippen LogP contribution in [0.15, 0.2) is 79.3 Å². The highest BCUT2D eigenvalue weighted by Crippen LogP contribution is 2.36. The van der Waals surface area contributed by atoms with Crippen molar-refractivity contribution in [1.82, 2.24) is 9.97 Å². The van der Waals surface area contributed by atoms with Crippen molar-refractivity contribution < 1.29 is 9.72 Å². The molecule has 0 bridgehead atoms. The molecule has 1 atom stereocenters. The Kier molecular flexibility index (Phi) is 5.32. The fourth-order valence-electron chi connectivity index (χ4n) is 3.45. The Morgan fingerprint density at radius 1 is 1.10 bits per heavy atom. The van der Waals surface area contributed by atoms with E-state index in [-0.39, 0.29) is 5.69 Å². The molecule has 1 unspecified atom stereocenters. The summed E-state index contributed by atoms with van der Waals surface area (Å²) in [7, 11) is 0. The van der Waals surface area contributed by atoms with Crippen LogP contribution in [-0.4, -0.2) is 27.2 Å². The zero-order valence-corrected chi connectivity index (χ0v) is 16.1. The van der Waals surface area contributed by atoms with E-state index in [4.69, 9.17) is 0 Å². The molecule has 1 aliphatic heterocycles. The molecule has 1 aromatic heterocycles. The summed E-state index contributed by atoms with van der Waals surface area (Å²) in [6.07, 6.45) is 7.41. The number of non-ortho nitro benzene ring substituents is 1. The minimum Gasteiger partial charge on any atom is -0.333 e. The fourth-order valence-corrected chi connectivity index (χ4v) is 3.45. The van der Waals surface area contributed by atoms with Gasteiger partial charge >= 0.3 is 0 Å². The minimum absolute atomic E-state index is 0.0958. The summed E-state index contributed by atoms with van der Waals surface area (Å²) in [4.78, 5) is 33.2. The zero-order valence-electron chi connectivity index (χ0n) is 16.1. The van der Waals surface area contributed by atoms with Crippen molar-refractivity contribution >= 4 is 28.8 Å². The fraction of sp³-hybridized carbons (Fsp3) is 0.0435. The standard InChI is InChI=1S/C23H15N5O3/c24-13-16-5-1-2-8-20(16)21-11-17(23-25-9-4-10-26-23)14-27(22(21)15-29)18-6-3-7-19(12-18)28(30)31/h1-12,14-15,22H. The van der Waals surface area contributed by atoms with Crippen LogP contribution in [0, 0.1) is 21.4 Å². The molecule has 8 heteroatoms. The van der Waals surface area contributed by atoms with Crippen LogP contribution < -0.4 is 4.90 Å². The quantitative estimate of drug-likeness (QED) is 0.358. The van der Waals surface area contributed by atoms with Gasteiger partial charge in [0.25, 0.3) is 5.69 Å². The average molecular weight is 409 g/mol. The van der Waals surface area contributed by atoms with Gasteiger partial charge in [-0.3, -0.25) is 10.1 Å². The Labute approximate surface area is 177 Å². The number of nitrogens with zero attached hydrogens (tertiary/aromatic N) is 5. The maximum absolute atomic E-state index is 12.2. The Bertz CT molecular complexity index is 1260. The first-order valence-electron chi connectivity index (χ1n) is 9.31. The van der Waals surface area contributed by atoms with Gasteiger partial charge in [-0.25, -0.2) is 9.97 Å². The number of rotatable bonds is 5. The molecular weight excluding hydrogens is 394 g/mol. The van der Waals surface area contributed by atoms with Gasteiger partial charge in [-0.05, 0) is 35.4 Å². The van der Waals surface area contributed by atoms with E-state index in [1.54, 1.807) is 72.0 Å². The third-order valence-corrected chi connectivity index (χ3v) is 4.86. The molecular formula is C23H15N5O3. The van der Waals surface area contributed by atoms with Crippen LogP contribution in [0.25, 0.3) is 11.1 Å². The lowest BCUT2D eigenvalue weighted by Gasteiger charge is -2.33. The molecule has 150 valence electrons. The lowest BCUT2D eigenvalue weighted by Crippen LogP contribution is -2.36. The normalized spacial score (nSPS) is 15.5. The van der Waals surface area contributed by atoms with Crippen molar-refractivity contribution in [2.24, 2.45) is 0 Å². The van der Waals surface area contributed by atoms with E-state index in [0.29, 0.717) is 33.8 Å². The van der Waals surface area contributed by atoms with E-state index in [0.717, 1.165) is 6.29 Å². The Hall–Kier alpha value is -4.64. The summed E-state index contributed by atoms with van der Waals surface area (Å²) in [5, 5.41) is 20.9. The van der Waals surface area contributed by atoms with Gasteiger partial charge in [0.2, 0.25) is 0 Å². The molecule has 2 heterocycles. The molecule has 0 fully saturated rings. The first-order chi connectivity index (χ1) is 15.1. The molecule has 4 rings (SSSR count). The highest BCUT2D eigenvalue weighted by molar-refractivity contribution is 5.98. The largest absolute Gasteiger partial charge is 0.333 e. The molecule has 1 aliphatic rings. The summed E-state index contributed by atoms with van der Waals surface area (Å²) in [5.41, 5.74) is 2.55. The topological polar surface area (TPSA) is 113 Å². The summed E-state index contributed by atoms with van der Waals surface area (Å²) in [5.74, 6) is 0.425. The monoisotopic (exact) mass is 409 g/mol. The predicted molar refractivity (Wildman–Crippen MR) is 115 cm³/mol. The average Bonchev–Trinajstić information content (AvgIpc) is 2.83. The first-order valence-corrected chi connectivity index (χ1v) is 9.31. The number of benzene rings is 2. The number of allylic oxidation sites excluding steroid dienone is 2. The SMILES string of the molecule is N#Cc1ccccc1C1=CC(c2ncccn2)=CN(c2cccc([N+](=O)[O-])c2)C1C=O. The molecule has 0 saturated carbocycles. The molecule has 31 heavy (non-hydrogen) atoms. The van der Waals surface area contributed by atoms with E-state index in [9.17, 15) is 20.2 Å². The van der Waals surface area contributed by atoms with Gasteiger partial charge in [0, 0.05) is 42.0 Å². The number of carbonyl (C=O) groups is 1. The Morgan fingerprint density at radius 2 is 1.87 bits per heavy atom. The second-order valence-corrected chi connectivity index (χ2v) is 6.68. The highest BCUT2D eigenvalue weighted by Gasteiger charge is 2.29. The molecule has 0 aliphatic carbocycles. The number of aldehydes is 1. The van der Waals surface area contributed by atoms with Crippen molar-refractivity contribution in [2.75, 3.05) is 4.90 Å². The third-order valence-electron chi connectivity index (χ3n) is 4.86. The Balaban J connectivity index is 1.93. The van der Waals surface area contributed by atoms with Crippen LogP contribution in [0.1, 0.15) is 17.0 Å². The van der Waals surface area contributed by atoms with Crippen molar-refractivity contribution in [2.45, 2.75) is 6.04 Å². The van der Waals surface area contributed by atoms with Gasteiger partial charge in [0.05, 0.1) is 16.6 Å². The molecule has 0 radical (unpaired) electrons. The van der Waals surface area contributed by atoms with Crippen LogP contribution in [-0.2, 0) is 4.79 Å². The summed E-state index contributed by atoms with van der Waals surface area (Å²) >= 11 is 0. The van der Waals surface area contributed by atoms with Gasteiger partial charge in [-0.1, -0.05) is 24.3 Å². The molecule has 0 N–H and O–H groups in total. The van der Waals surface area contributed by atoms with Gasteiger partial charge in [0.15, 0.2) is 5.82 Å². The summed E-state index contributed by atoms with van der Waals surface area (Å²) < 4.78 is 0. The summed E-state index contributed by atoms with van der Waals surface area (Å²) in [6, 6.07) is 16.0. The van der Waals surface area contributed by atoms with E-state index < -0.39 is 11.0 Å². The van der Waals surface area contributed by atoms with Gasteiger partial charge in [-0.2, -0.15) is 5.26 Å². The van der Waals surface area contributed by atoms with Crippen LogP contribution in [0.5, 0.6) is 0 Å². The number of carbonyl (C=O) groups excluding carboxylic acids is 1. The number of nitro benzene ring substituents is 1. The maximum Gasteiger partial charge on any atom is 0.271 e. The molecule has 8 nitrogen and oxygen atoms in total. The van der Waals surface area contributed by atoms with Crippen molar-refractivity contribution in [3.8, 4) is 6.07 Å². The van der Waals surface area contributed by atoms with Gasteiger partial charge in [-0.15, -0.1) is 0 Å². The van der Waals surface area contributed by atoms with E-state index in [1.807, 2.05) is 0 Å². The van der Waals surface area contributed by atoms with Gasteiger partial charge in [0.1, 0.15) is 12.3 Å². The van der Waals surface area contributed by atoms with Crippen LogP contribution in [0.2, 0.25) is 0 Å². The smallest absolute Gasteiger partial charge is 0.271 e. The number of nitriles is 1. The van der Waals surface area contributed by atoms with Gasteiger partial charge < -0.3 is 9.69 Å². The minimum atomic E-state index is -0.802.